The molecule has 2 aliphatic heterocycles. The highest BCUT2D eigenvalue weighted by atomic mass is 35.5. The van der Waals surface area contributed by atoms with Gasteiger partial charge in [0.1, 0.15) is 0 Å². The molecule has 2 aromatic carbocycles. The van der Waals surface area contributed by atoms with Crippen molar-refractivity contribution in [1.82, 2.24) is 19.7 Å². The molecule has 8 heteroatoms. The fourth-order valence-electron chi connectivity index (χ4n) is 6.25. The minimum absolute atomic E-state index is 0.00232. The first-order valence-electron chi connectivity index (χ1n) is 14.0. The van der Waals surface area contributed by atoms with Gasteiger partial charge in [-0.25, -0.2) is 4.79 Å². The minimum Gasteiger partial charge on any atom is -0.351 e. The molecular weight excluding hydrogens is 510 g/mol. The van der Waals surface area contributed by atoms with Gasteiger partial charge >= 0.3 is 6.03 Å². The largest absolute Gasteiger partial charge is 0.351 e. The number of benzene rings is 2. The number of primary amides is 1. The number of piperidine rings is 1. The van der Waals surface area contributed by atoms with E-state index in [2.05, 4.69) is 60.0 Å². The van der Waals surface area contributed by atoms with Crippen LogP contribution in [0.3, 0.4) is 0 Å². The van der Waals surface area contributed by atoms with E-state index in [9.17, 15) is 9.59 Å². The number of urea groups is 1. The summed E-state index contributed by atoms with van der Waals surface area (Å²) in [4.78, 5) is 36.2. The van der Waals surface area contributed by atoms with Gasteiger partial charge in [-0.05, 0) is 48.4 Å². The number of amides is 3. The van der Waals surface area contributed by atoms with Crippen LogP contribution in [0.1, 0.15) is 50.3 Å². The average molecular weight is 548 g/mol. The van der Waals surface area contributed by atoms with Gasteiger partial charge in [0, 0.05) is 67.4 Å². The van der Waals surface area contributed by atoms with Gasteiger partial charge in [-0.3, -0.25) is 14.7 Å². The molecule has 0 aliphatic carbocycles. The fraction of sp³-hybridized carbons (Fsp3) is 0.452. The van der Waals surface area contributed by atoms with Crippen LogP contribution < -0.4 is 5.73 Å². The van der Waals surface area contributed by atoms with E-state index in [1.165, 1.54) is 11.1 Å². The molecule has 2 saturated heterocycles. The Hall–Kier alpha value is -3.16. The first kappa shape index (κ1) is 27.4. The van der Waals surface area contributed by atoms with Gasteiger partial charge in [0.05, 0.1) is 11.6 Å². The van der Waals surface area contributed by atoms with Crippen LogP contribution in [0.15, 0.2) is 60.8 Å². The predicted octanol–water partition coefficient (Wildman–Crippen LogP) is 5.33. The molecule has 2 fully saturated rings. The molecule has 7 nitrogen and oxygen atoms in total. The number of fused-ring (bicyclic) bond motifs is 1. The number of rotatable bonds is 6. The minimum atomic E-state index is -0.368. The molecule has 5 rings (SSSR count). The number of carbonyl (C=O) groups is 2. The van der Waals surface area contributed by atoms with Gasteiger partial charge in [-0.2, -0.15) is 0 Å². The fourth-order valence-corrected chi connectivity index (χ4v) is 6.38. The molecule has 1 unspecified atom stereocenters. The predicted molar refractivity (Wildman–Crippen MR) is 155 cm³/mol. The maximum absolute atomic E-state index is 13.6. The first-order chi connectivity index (χ1) is 18.8. The highest BCUT2D eigenvalue weighted by molar-refractivity contribution is 6.30. The van der Waals surface area contributed by atoms with E-state index in [1.807, 2.05) is 24.4 Å². The maximum atomic E-state index is 13.6. The van der Waals surface area contributed by atoms with Crippen molar-refractivity contribution in [3.05, 3.63) is 76.9 Å². The number of nitrogens with two attached hydrogens (primary N) is 1. The van der Waals surface area contributed by atoms with Gasteiger partial charge in [-0.15, -0.1) is 0 Å². The van der Waals surface area contributed by atoms with E-state index >= 15 is 0 Å². The number of carbonyl (C=O) groups excluding carboxylic acids is 2. The Morgan fingerprint density at radius 2 is 1.72 bits per heavy atom. The van der Waals surface area contributed by atoms with Crippen molar-refractivity contribution in [2.45, 2.75) is 45.2 Å². The topological polar surface area (TPSA) is 82.8 Å². The Morgan fingerprint density at radius 1 is 1.00 bits per heavy atom. The summed E-state index contributed by atoms with van der Waals surface area (Å²) in [6.07, 6.45) is 4.04. The lowest BCUT2D eigenvalue weighted by Gasteiger charge is -2.47. The second-order valence-corrected chi connectivity index (χ2v) is 11.7. The van der Waals surface area contributed by atoms with Crippen molar-refractivity contribution in [2.75, 3.05) is 32.7 Å². The van der Waals surface area contributed by atoms with Gasteiger partial charge in [-0.1, -0.05) is 61.8 Å². The average Bonchev–Trinajstić information content (AvgIpc) is 2.94. The van der Waals surface area contributed by atoms with E-state index in [4.69, 9.17) is 22.3 Å². The normalized spacial score (nSPS) is 19.9. The van der Waals surface area contributed by atoms with Crippen molar-refractivity contribution >= 4 is 34.4 Å². The Balaban J connectivity index is 1.39. The lowest BCUT2D eigenvalue weighted by Crippen LogP contribution is -2.58. The summed E-state index contributed by atoms with van der Waals surface area (Å²) in [6.45, 7) is 7.91. The molecule has 206 valence electrons. The second-order valence-electron chi connectivity index (χ2n) is 11.2. The number of halogens is 1. The van der Waals surface area contributed by atoms with Gasteiger partial charge in [0.15, 0.2) is 0 Å². The first-order valence-corrected chi connectivity index (χ1v) is 14.4. The van der Waals surface area contributed by atoms with E-state index in [1.54, 1.807) is 4.90 Å². The van der Waals surface area contributed by atoms with Crippen molar-refractivity contribution in [1.29, 1.82) is 0 Å². The molecule has 39 heavy (non-hydrogen) atoms. The lowest BCUT2D eigenvalue weighted by molar-refractivity contribution is -0.139. The maximum Gasteiger partial charge on any atom is 0.314 e. The van der Waals surface area contributed by atoms with Gasteiger partial charge < -0.3 is 15.5 Å². The molecule has 0 saturated carbocycles. The number of para-hydroxylation sites is 1. The standard InChI is InChI=1S/C31H38ClN5O2/c1-21(2)27-20-36(17-18-37(27)28(38)19-22-12-15-35(16-13-22)31(33)39)30(24-8-10-25(32)11-9-24)26-7-3-5-23-6-4-14-34-29(23)26/h3-11,14,21-22,27,30H,12-13,15-20H2,1-2H3,(H2,33,39)/t27-,30?/m1/s1. The van der Waals surface area contributed by atoms with Crippen LogP contribution in [0, 0.1) is 11.8 Å². The second kappa shape index (κ2) is 11.9. The summed E-state index contributed by atoms with van der Waals surface area (Å²) in [5.74, 6) is 0.827. The molecule has 0 bridgehead atoms. The molecule has 2 atom stereocenters. The SMILES string of the molecule is CC(C)[C@H]1CN(C(c2ccc(Cl)cc2)c2cccc3cccnc23)CCN1C(=O)CC1CCN(C(N)=O)CC1. The third kappa shape index (κ3) is 6.04. The summed E-state index contributed by atoms with van der Waals surface area (Å²) >= 11 is 6.27. The number of piperazine rings is 1. The van der Waals surface area contributed by atoms with E-state index in [0.717, 1.165) is 36.8 Å². The van der Waals surface area contributed by atoms with Crippen LogP contribution in [0.25, 0.3) is 10.9 Å². The van der Waals surface area contributed by atoms with Crippen molar-refractivity contribution in [2.24, 2.45) is 17.6 Å². The zero-order valence-corrected chi connectivity index (χ0v) is 23.6. The lowest BCUT2D eigenvalue weighted by atomic mass is 9.90. The van der Waals surface area contributed by atoms with E-state index in [-0.39, 0.29) is 24.0 Å². The van der Waals surface area contributed by atoms with Crippen LogP contribution in [0.4, 0.5) is 4.79 Å². The number of aromatic nitrogens is 1. The van der Waals surface area contributed by atoms with Crippen LogP contribution in [0.5, 0.6) is 0 Å². The number of nitrogens with zero attached hydrogens (tertiary/aromatic N) is 4. The van der Waals surface area contributed by atoms with Crippen LogP contribution in [0.2, 0.25) is 5.02 Å². The summed E-state index contributed by atoms with van der Waals surface area (Å²) in [5.41, 5.74) is 8.77. The Kier molecular flexibility index (Phi) is 8.38. The summed E-state index contributed by atoms with van der Waals surface area (Å²) in [6, 6.07) is 18.3. The Bertz CT molecular complexity index is 1300. The number of pyridine rings is 1. The van der Waals surface area contributed by atoms with Crippen LogP contribution >= 0.6 is 11.6 Å². The van der Waals surface area contributed by atoms with Crippen molar-refractivity contribution in [3.8, 4) is 0 Å². The molecule has 3 amide bonds. The summed E-state index contributed by atoms with van der Waals surface area (Å²) in [5, 5.41) is 1.83. The summed E-state index contributed by atoms with van der Waals surface area (Å²) in [7, 11) is 0. The quantitative estimate of drug-likeness (QED) is 0.452. The molecule has 3 aromatic rings. The highest BCUT2D eigenvalue weighted by Gasteiger charge is 2.37. The highest BCUT2D eigenvalue weighted by Crippen LogP contribution is 2.36. The van der Waals surface area contributed by atoms with Crippen LogP contribution in [-0.4, -0.2) is 70.4 Å². The number of hydrogen-bond donors (Lipinski definition) is 1. The van der Waals surface area contributed by atoms with Crippen molar-refractivity contribution in [3.63, 3.8) is 0 Å². The third-order valence-electron chi connectivity index (χ3n) is 8.44. The zero-order valence-electron chi connectivity index (χ0n) is 22.8. The van der Waals surface area contributed by atoms with Gasteiger partial charge in [0.25, 0.3) is 0 Å². The molecule has 2 aliphatic rings. The van der Waals surface area contributed by atoms with Crippen LogP contribution in [-0.2, 0) is 4.79 Å². The number of likely N-dealkylation sites (tertiary alicyclic amines) is 1. The molecule has 3 heterocycles. The number of hydrogen-bond acceptors (Lipinski definition) is 4. The van der Waals surface area contributed by atoms with Gasteiger partial charge in [0.2, 0.25) is 5.91 Å². The molecular formula is C31H38ClN5O2. The monoisotopic (exact) mass is 547 g/mol. The summed E-state index contributed by atoms with van der Waals surface area (Å²) < 4.78 is 0. The van der Waals surface area contributed by atoms with Crippen molar-refractivity contribution < 1.29 is 9.59 Å². The Morgan fingerprint density at radius 3 is 2.41 bits per heavy atom. The van der Waals surface area contributed by atoms with E-state index in [0.29, 0.717) is 42.9 Å². The molecule has 2 N–H and O–H groups in total. The van der Waals surface area contributed by atoms with E-state index < -0.39 is 0 Å². The smallest absolute Gasteiger partial charge is 0.314 e. The zero-order chi connectivity index (χ0) is 27.5. The molecule has 1 aromatic heterocycles. The Labute approximate surface area is 235 Å². The molecule has 0 radical (unpaired) electrons. The third-order valence-corrected chi connectivity index (χ3v) is 8.69. The molecule has 0 spiro atoms.